The van der Waals surface area contributed by atoms with E-state index in [0.29, 0.717) is 18.0 Å². The number of halogens is 1. The number of carbonyl (C=O) groups is 5. The maximum absolute atomic E-state index is 13.4. The lowest BCUT2D eigenvalue weighted by Crippen LogP contribution is -2.49. The molecule has 3 rings (SSSR count). The van der Waals surface area contributed by atoms with Crippen LogP contribution in [0.25, 0.3) is 0 Å². The minimum Gasteiger partial charge on any atom is -0.354 e. The zero-order chi connectivity index (χ0) is 25.5. The summed E-state index contributed by atoms with van der Waals surface area (Å²) < 4.78 is 13.4. The van der Waals surface area contributed by atoms with E-state index in [1.54, 1.807) is 0 Å². The number of benzene rings is 1. The van der Waals surface area contributed by atoms with Crippen LogP contribution in [0.15, 0.2) is 24.3 Å². The highest BCUT2D eigenvalue weighted by Crippen LogP contribution is 2.27. The van der Waals surface area contributed by atoms with Crippen LogP contribution in [0.3, 0.4) is 0 Å². The number of hydrogen-bond donors (Lipinski definition) is 4. The Labute approximate surface area is 203 Å². The van der Waals surface area contributed by atoms with E-state index in [1.807, 2.05) is 0 Å². The summed E-state index contributed by atoms with van der Waals surface area (Å²) in [7, 11) is 1.45. The van der Waals surface area contributed by atoms with Crippen molar-refractivity contribution in [2.24, 2.45) is 5.92 Å². The van der Waals surface area contributed by atoms with Gasteiger partial charge in [-0.05, 0) is 49.8 Å². The molecule has 5 amide bonds. The van der Waals surface area contributed by atoms with Crippen LogP contribution in [0.2, 0.25) is 0 Å². The molecule has 35 heavy (non-hydrogen) atoms. The summed E-state index contributed by atoms with van der Waals surface area (Å²) in [5, 5.41) is 10.8. The van der Waals surface area contributed by atoms with Crippen molar-refractivity contribution in [3.05, 3.63) is 35.6 Å². The molecule has 0 bridgehead atoms. The van der Waals surface area contributed by atoms with Gasteiger partial charge in [0.15, 0.2) is 0 Å². The van der Waals surface area contributed by atoms with E-state index >= 15 is 0 Å². The summed E-state index contributed by atoms with van der Waals surface area (Å²) in [5.41, 5.74) is 0.488. The van der Waals surface area contributed by atoms with E-state index in [-0.39, 0.29) is 31.7 Å². The van der Waals surface area contributed by atoms with Gasteiger partial charge in [0.2, 0.25) is 29.5 Å². The largest absolute Gasteiger partial charge is 0.354 e. The van der Waals surface area contributed by atoms with Gasteiger partial charge in [-0.15, -0.1) is 0 Å². The molecule has 3 atom stereocenters. The van der Waals surface area contributed by atoms with Crippen LogP contribution in [0.4, 0.5) is 4.39 Å². The van der Waals surface area contributed by atoms with Gasteiger partial charge >= 0.3 is 0 Å². The van der Waals surface area contributed by atoms with Crippen LogP contribution in [-0.4, -0.2) is 66.7 Å². The van der Waals surface area contributed by atoms with Gasteiger partial charge in [-0.1, -0.05) is 12.1 Å². The maximum atomic E-state index is 13.4. The molecule has 1 saturated heterocycles. The molecule has 4 N–H and O–H groups in total. The first-order valence-electron chi connectivity index (χ1n) is 11.8. The molecule has 0 radical (unpaired) electrons. The predicted molar refractivity (Wildman–Crippen MR) is 124 cm³/mol. The van der Waals surface area contributed by atoms with Gasteiger partial charge in [-0.2, -0.15) is 0 Å². The molecule has 1 aliphatic carbocycles. The summed E-state index contributed by atoms with van der Waals surface area (Å²) in [4.78, 5) is 64.5. The lowest BCUT2D eigenvalue weighted by Gasteiger charge is -2.23. The molecule has 10 nitrogen and oxygen atoms in total. The van der Waals surface area contributed by atoms with Crippen molar-refractivity contribution < 1.29 is 28.4 Å². The summed E-state index contributed by atoms with van der Waals surface area (Å²) >= 11 is 0. The van der Waals surface area contributed by atoms with Gasteiger partial charge in [0.05, 0.1) is 19.0 Å². The minimum atomic E-state index is -0.957. The van der Waals surface area contributed by atoms with Gasteiger partial charge in [0.1, 0.15) is 17.9 Å². The molecule has 0 spiro atoms. The predicted octanol–water partition coefficient (Wildman–Crippen LogP) is 0.141. The molecule has 1 saturated carbocycles. The smallest absolute Gasteiger partial charge is 0.242 e. The third-order valence-electron chi connectivity index (χ3n) is 6.12. The zero-order valence-corrected chi connectivity index (χ0v) is 19.9. The number of likely N-dealkylation sites (N-methyl/N-ethyl adjacent to an activating group) is 1. The Morgan fingerprint density at radius 3 is 2.37 bits per heavy atom. The van der Waals surface area contributed by atoms with Gasteiger partial charge in [-0.3, -0.25) is 24.0 Å². The second kappa shape index (κ2) is 11.8. The zero-order valence-electron chi connectivity index (χ0n) is 19.9. The number of amides is 5. The molecule has 2 aliphatic rings. The van der Waals surface area contributed by atoms with E-state index in [1.165, 1.54) is 43.1 Å². The molecular formula is C24H32FN5O5. The Hall–Kier alpha value is -3.50. The molecular weight excluding hydrogens is 457 g/mol. The lowest BCUT2D eigenvalue weighted by atomic mass is 10.0. The Bertz CT molecular complexity index is 966. The second-order valence-electron chi connectivity index (χ2n) is 9.20. The monoisotopic (exact) mass is 489 g/mol. The number of nitrogens with one attached hydrogen (secondary N) is 4. The summed E-state index contributed by atoms with van der Waals surface area (Å²) in [6.07, 6.45) is 1.86. The van der Waals surface area contributed by atoms with Crippen molar-refractivity contribution in [1.29, 1.82) is 0 Å². The van der Waals surface area contributed by atoms with Gasteiger partial charge in [0.25, 0.3) is 0 Å². The third kappa shape index (κ3) is 8.04. The molecule has 1 heterocycles. The Morgan fingerprint density at radius 2 is 1.71 bits per heavy atom. The molecule has 0 unspecified atom stereocenters. The maximum Gasteiger partial charge on any atom is 0.242 e. The van der Waals surface area contributed by atoms with Crippen molar-refractivity contribution in [3.63, 3.8) is 0 Å². The normalized spacial score (nSPS) is 25.0. The third-order valence-corrected chi connectivity index (χ3v) is 6.12. The van der Waals surface area contributed by atoms with Crippen LogP contribution >= 0.6 is 0 Å². The number of carbonyl (C=O) groups excluding carboxylic acids is 5. The Kier molecular flexibility index (Phi) is 8.78. The fraction of sp³-hybridized carbons (Fsp3) is 0.542. The van der Waals surface area contributed by atoms with Crippen molar-refractivity contribution in [2.75, 3.05) is 20.1 Å². The first-order chi connectivity index (χ1) is 16.6. The highest BCUT2D eigenvalue weighted by Gasteiger charge is 2.29. The molecule has 1 aliphatic heterocycles. The van der Waals surface area contributed by atoms with E-state index in [9.17, 15) is 28.4 Å². The van der Waals surface area contributed by atoms with Crippen molar-refractivity contribution in [1.82, 2.24) is 26.2 Å². The lowest BCUT2D eigenvalue weighted by molar-refractivity contribution is -0.136. The standard InChI is InChI=1S/C24H32FN5O5/c1-14-23(34)29-19(16-5-7-17(25)8-6-16)11-20(31)28-18(24(35)26-12-15-3-4-15)9-10-22(33)30(2)13-21(32)27-14/h5-8,14-15,18-19H,3-4,9-13H2,1-2H3,(H,26,35)(H,27,32)(H,28,31)(H,29,34)/t14-,18-,19+/m0/s1. The average molecular weight is 490 g/mol. The first kappa shape index (κ1) is 26.1. The summed E-state index contributed by atoms with van der Waals surface area (Å²) in [5.74, 6) is -2.39. The van der Waals surface area contributed by atoms with Crippen molar-refractivity contribution >= 4 is 29.5 Å². The summed E-state index contributed by atoms with van der Waals surface area (Å²) in [6, 6.07) is 2.62. The van der Waals surface area contributed by atoms with E-state index in [2.05, 4.69) is 21.3 Å². The molecule has 2 fully saturated rings. The highest BCUT2D eigenvalue weighted by molar-refractivity contribution is 5.92. The Morgan fingerprint density at radius 1 is 1.03 bits per heavy atom. The van der Waals surface area contributed by atoms with Crippen LogP contribution in [-0.2, 0) is 24.0 Å². The minimum absolute atomic E-state index is 0.0526. The van der Waals surface area contributed by atoms with Crippen LogP contribution in [0.1, 0.15) is 50.6 Å². The number of hydrogen-bond acceptors (Lipinski definition) is 5. The Balaban J connectivity index is 1.82. The van der Waals surface area contributed by atoms with Crippen LogP contribution in [0.5, 0.6) is 0 Å². The summed E-state index contributed by atoms with van der Waals surface area (Å²) in [6.45, 7) is 1.73. The van der Waals surface area contributed by atoms with E-state index in [0.717, 1.165) is 12.8 Å². The van der Waals surface area contributed by atoms with E-state index < -0.39 is 47.6 Å². The number of rotatable bonds is 4. The van der Waals surface area contributed by atoms with Crippen LogP contribution < -0.4 is 21.3 Å². The molecule has 11 heteroatoms. The topological polar surface area (TPSA) is 137 Å². The fourth-order valence-corrected chi connectivity index (χ4v) is 3.76. The van der Waals surface area contributed by atoms with Gasteiger partial charge in [0, 0.05) is 20.0 Å². The second-order valence-corrected chi connectivity index (χ2v) is 9.20. The van der Waals surface area contributed by atoms with Crippen LogP contribution in [0, 0.1) is 11.7 Å². The van der Waals surface area contributed by atoms with Crippen molar-refractivity contribution in [3.8, 4) is 0 Å². The number of nitrogens with zero attached hydrogens (tertiary/aromatic N) is 1. The molecule has 1 aromatic carbocycles. The van der Waals surface area contributed by atoms with Gasteiger partial charge in [-0.25, -0.2) is 4.39 Å². The molecule has 1 aromatic rings. The SMILES string of the molecule is C[C@@H]1NC(=O)CN(C)C(=O)CC[C@@H](C(=O)NCC2CC2)NC(=O)C[C@H](c2ccc(F)cc2)NC1=O. The molecule has 0 aromatic heterocycles. The van der Waals surface area contributed by atoms with E-state index in [4.69, 9.17) is 0 Å². The fourth-order valence-electron chi connectivity index (χ4n) is 3.76. The quantitative estimate of drug-likeness (QED) is 0.477. The highest BCUT2D eigenvalue weighted by atomic mass is 19.1. The van der Waals surface area contributed by atoms with Crippen molar-refractivity contribution in [2.45, 2.75) is 57.2 Å². The molecule has 190 valence electrons. The first-order valence-corrected chi connectivity index (χ1v) is 11.8. The van der Waals surface area contributed by atoms with Gasteiger partial charge < -0.3 is 26.2 Å². The average Bonchev–Trinajstić information content (AvgIpc) is 3.63.